The smallest absolute Gasteiger partial charge is 0.240 e. The second-order valence-electron chi connectivity index (χ2n) is 7.50. The summed E-state index contributed by atoms with van der Waals surface area (Å²) in [5.74, 6) is 1.95. The highest BCUT2D eigenvalue weighted by Crippen LogP contribution is 2.32. The molecule has 0 aliphatic heterocycles. The van der Waals surface area contributed by atoms with Gasteiger partial charge in [-0.1, -0.05) is 32.8 Å². The van der Waals surface area contributed by atoms with Crippen molar-refractivity contribution in [2.24, 2.45) is 11.7 Å². The Kier molecular flexibility index (Phi) is 6.71. The minimum absolute atomic E-state index is 0.0614. The van der Waals surface area contributed by atoms with E-state index in [-0.39, 0.29) is 11.9 Å². The van der Waals surface area contributed by atoms with Crippen molar-refractivity contribution in [3.05, 3.63) is 23.8 Å². The van der Waals surface area contributed by atoms with Gasteiger partial charge in [0.05, 0.1) is 25.3 Å². The first kappa shape index (κ1) is 19.6. The molecule has 5 heteroatoms. The van der Waals surface area contributed by atoms with Gasteiger partial charge in [0.2, 0.25) is 5.91 Å². The van der Waals surface area contributed by atoms with E-state index in [2.05, 4.69) is 19.2 Å². The molecule has 1 atom stereocenters. The Hall–Kier alpha value is -1.75. The third-order valence-corrected chi connectivity index (χ3v) is 4.94. The van der Waals surface area contributed by atoms with Gasteiger partial charge in [-0.25, -0.2) is 0 Å². The first-order valence-corrected chi connectivity index (χ1v) is 9.26. The van der Waals surface area contributed by atoms with Crippen LogP contribution in [0.15, 0.2) is 18.2 Å². The molecule has 1 amide bonds. The van der Waals surface area contributed by atoms with Crippen LogP contribution < -0.4 is 20.5 Å². The molecule has 1 aliphatic carbocycles. The monoisotopic (exact) mass is 348 g/mol. The van der Waals surface area contributed by atoms with Crippen molar-refractivity contribution in [1.82, 2.24) is 5.32 Å². The number of amides is 1. The first-order valence-electron chi connectivity index (χ1n) is 9.26. The van der Waals surface area contributed by atoms with E-state index in [0.29, 0.717) is 18.3 Å². The van der Waals surface area contributed by atoms with Gasteiger partial charge in [0.1, 0.15) is 0 Å². The van der Waals surface area contributed by atoms with E-state index in [0.717, 1.165) is 43.4 Å². The van der Waals surface area contributed by atoms with E-state index >= 15 is 0 Å². The highest BCUT2D eigenvalue weighted by Gasteiger charge is 2.37. The van der Waals surface area contributed by atoms with Crippen LogP contribution in [0.2, 0.25) is 0 Å². The average molecular weight is 348 g/mol. The summed E-state index contributed by atoms with van der Waals surface area (Å²) in [6.45, 7) is 6.96. The molecule has 1 unspecified atom stereocenters. The van der Waals surface area contributed by atoms with E-state index in [9.17, 15) is 4.79 Å². The molecule has 25 heavy (non-hydrogen) atoms. The van der Waals surface area contributed by atoms with Gasteiger partial charge >= 0.3 is 0 Å². The quantitative estimate of drug-likeness (QED) is 0.753. The van der Waals surface area contributed by atoms with Crippen molar-refractivity contribution in [3.63, 3.8) is 0 Å². The van der Waals surface area contributed by atoms with Crippen molar-refractivity contribution in [3.8, 4) is 11.5 Å². The fourth-order valence-electron chi connectivity index (χ4n) is 3.13. The van der Waals surface area contributed by atoms with Crippen LogP contribution in [-0.4, -0.2) is 25.2 Å². The summed E-state index contributed by atoms with van der Waals surface area (Å²) in [6, 6.07) is 5.67. The number of methoxy groups -OCH3 is 1. The molecular weight excluding hydrogens is 316 g/mol. The number of carbonyl (C=O) groups is 1. The molecule has 1 aliphatic rings. The molecule has 1 aromatic carbocycles. The first-order chi connectivity index (χ1) is 11.9. The van der Waals surface area contributed by atoms with E-state index in [4.69, 9.17) is 15.2 Å². The van der Waals surface area contributed by atoms with Crippen LogP contribution in [0.4, 0.5) is 0 Å². The van der Waals surface area contributed by atoms with Gasteiger partial charge in [-0.15, -0.1) is 0 Å². The van der Waals surface area contributed by atoms with Crippen LogP contribution in [0.1, 0.15) is 64.5 Å². The normalized spacial score (nSPS) is 17.4. The lowest BCUT2D eigenvalue weighted by molar-refractivity contribution is -0.126. The van der Waals surface area contributed by atoms with Crippen LogP contribution in [-0.2, 0) is 4.79 Å². The number of nitrogens with one attached hydrogen (secondary N) is 1. The Balaban J connectivity index is 2.02. The predicted molar refractivity (Wildman–Crippen MR) is 99.9 cm³/mol. The Morgan fingerprint density at radius 3 is 2.52 bits per heavy atom. The lowest BCUT2D eigenvalue weighted by Gasteiger charge is -2.25. The van der Waals surface area contributed by atoms with Crippen LogP contribution >= 0.6 is 0 Å². The molecule has 140 valence electrons. The second-order valence-corrected chi connectivity index (χ2v) is 7.50. The number of ether oxygens (including phenoxy) is 2. The van der Waals surface area contributed by atoms with Crippen molar-refractivity contribution in [1.29, 1.82) is 0 Å². The van der Waals surface area contributed by atoms with E-state index in [1.807, 2.05) is 25.1 Å². The molecule has 1 saturated carbocycles. The Morgan fingerprint density at radius 2 is 1.92 bits per heavy atom. The summed E-state index contributed by atoms with van der Waals surface area (Å²) in [4.78, 5) is 12.5. The summed E-state index contributed by atoms with van der Waals surface area (Å²) < 4.78 is 11.3. The van der Waals surface area contributed by atoms with Crippen LogP contribution in [0.5, 0.6) is 11.5 Å². The highest BCUT2D eigenvalue weighted by atomic mass is 16.5. The fourth-order valence-corrected chi connectivity index (χ4v) is 3.13. The molecule has 0 aromatic heterocycles. The molecule has 0 spiro atoms. The standard InChI is InChI=1S/C20H32N2O3/c1-14(2)9-12-25-17-8-7-16(13-18(17)24-4)15(3)22-19(23)20(21)10-5-6-11-20/h7-8,13-15H,5-6,9-12,21H2,1-4H3,(H,22,23). The number of benzene rings is 1. The Bertz CT molecular complexity index is 580. The molecule has 0 heterocycles. The molecule has 1 aromatic rings. The Labute approximate surface area is 151 Å². The number of nitrogens with two attached hydrogens (primary N) is 1. The molecular formula is C20H32N2O3. The molecule has 3 N–H and O–H groups in total. The molecule has 0 saturated heterocycles. The van der Waals surface area contributed by atoms with Gasteiger partial charge in [0.15, 0.2) is 11.5 Å². The second kappa shape index (κ2) is 8.56. The molecule has 2 rings (SSSR count). The number of hydrogen-bond acceptors (Lipinski definition) is 4. The topological polar surface area (TPSA) is 73.6 Å². The van der Waals surface area contributed by atoms with Gasteiger partial charge in [-0.05, 0) is 49.8 Å². The molecule has 1 fully saturated rings. The zero-order chi connectivity index (χ0) is 18.4. The minimum atomic E-state index is -0.710. The summed E-state index contributed by atoms with van der Waals surface area (Å²) in [5.41, 5.74) is 6.50. The zero-order valence-corrected chi connectivity index (χ0v) is 15.9. The van der Waals surface area contributed by atoms with Crippen LogP contribution in [0.25, 0.3) is 0 Å². The van der Waals surface area contributed by atoms with Crippen molar-refractivity contribution >= 4 is 5.91 Å². The summed E-state index contributed by atoms with van der Waals surface area (Å²) in [6.07, 6.45) is 4.56. The molecule has 0 bridgehead atoms. The maximum atomic E-state index is 12.5. The summed E-state index contributed by atoms with van der Waals surface area (Å²) in [7, 11) is 1.63. The fraction of sp³-hybridized carbons (Fsp3) is 0.650. The summed E-state index contributed by atoms with van der Waals surface area (Å²) in [5, 5.41) is 3.05. The SMILES string of the molecule is COc1cc(C(C)NC(=O)C2(N)CCCC2)ccc1OCCC(C)C. The van der Waals surface area contributed by atoms with Gasteiger partial charge in [-0.2, -0.15) is 0 Å². The van der Waals surface area contributed by atoms with E-state index < -0.39 is 5.54 Å². The number of rotatable bonds is 8. The maximum Gasteiger partial charge on any atom is 0.240 e. The largest absolute Gasteiger partial charge is 0.493 e. The zero-order valence-electron chi connectivity index (χ0n) is 15.9. The van der Waals surface area contributed by atoms with E-state index in [1.165, 1.54) is 0 Å². The lowest BCUT2D eigenvalue weighted by Crippen LogP contribution is -2.52. The van der Waals surface area contributed by atoms with Crippen LogP contribution in [0, 0.1) is 5.92 Å². The highest BCUT2D eigenvalue weighted by molar-refractivity contribution is 5.86. The minimum Gasteiger partial charge on any atom is -0.493 e. The van der Waals surface area contributed by atoms with Gasteiger partial charge in [-0.3, -0.25) is 4.79 Å². The third kappa shape index (κ3) is 5.11. The molecule has 5 nitrogen and oxygen atoms in total. The lowest BCUT2D eigenvalue weighted by atomic mass is 9.97. The van der Waals surface area contributed by atoms with Gasteiger partial charge < -0.3 is 20.5 Å². The van der Waals surface area contributed by atoms with Gasteiger partial charge in [0, 0.05) is 0 Å². The van der Waals surface area contributed by atoms with Crippen molar-refractivity contribution in [2.75, 3.05) is 13.7 Å². The van der Waals surface area contributed by atoms with Crippen molar-refractivity contribution in [2.45, 2.75) is 64.5 Å². The van der Waals surface area contributed by atoms with E-state index in [1.54, 1.807) is 7.11 Å². The number of carbonyl (C=O) groups excluding carboxylic acids is 1. The third-order valence-electron chi connectivity index (χ3n) is 4.94. The van der Waals surface area contributed by atoms with Crippen LogP contribution in [0.3, 0.4) is 0 Å². The number of hydrogen-bond donors (Lipinski definition) is 2. The van der Waals surface area contributed by atoms with Crippen molar-refractivity contribution < 1.29 is 14.3 Å². The average Bonchev–Trinajstić information content (AvgIpc) is 3.02. The predicted octanol–water partition coefficient (Wildman–Crippen LogP) is 3.57. The Morgan fingerprint density at radius 1 is 1.24 bits per heavy atom. The summed E-state index contributed by atoms with van der Waals surface area (Å²) >= 11 is 0. The molecule has 0 radical (unpaired) electrons. The van der Waals surface area contributed by atoms with Gasteiger partial charge in [0.25, 0.3) is 0 Å². The maximum absolute atomic E-state index is 12.5.